The van der Waals surface area contributed by atoms with Gasteiger partial charge >= 0.3 is 0 Å². The molecule has 1 unspecified atom stereocenters. The molecule has 1 heterocycles. The maximum atomic E-state index is 13.1. The molecule has 33 heavy (non-hydrogen) atoms. The Labute approximate surface area is 193 Å². The van der Waals surface area contributed by atoms with Gasteiger partial charge in [-0.05, 0) is 48.7 Å². The van der Waals surface area contributed by atoms with E-state index in [0.29, 0.717) is 17.9 Å². The molecule has 3 aromatic rings. The molecular weight excluding hydrogens is 414 g/mol. The fourth-order valence-electron chi connectivity index (χ4n) is 4.00. The third-order valence-corrected chi connectivity index (χ3v) is 5.73. The predicted octanol–water partition coefficient (Wildman–Crippen LogP) is 5.41. The second kappa shape index (κ2) is 9.74. The van der Waals surface area contributed by atoms with Crippen LogP contribution >= 0.6 is 0 Å². The molecule has 0 radical (unpaired) electrons. The van der Waals surface area contributed by atoms with Gasteiger partial charge in [-0.3, -0.25) is 9.59 Å². The van der Waals surface area contributed by atoms with E-state index in [4.69, 9.17) is 4.74 Å². The van der Waals surface area contributed by atoms with Crippen LogP contribution in [-0.4, -0.2) is 28.3 Å². The van der Waals surface area contributed by atoms with Crippen molar-refractivity contribution in [3.63, 3.8) is 0 Å². The summed E-state index contributed by atoms with van der Waals surface area (Å²) in [6.07, 6.45) is 0.892. The number of Topliss-reactive ketones (excluding diaryl/α,β-unsaturated/α-hetero) is 1. The van der Waals surface area contributed by atoms with Gasteiger partial charge < -0.3 is 14.7 Å². The molecule has 0 spiro atoms. The first-order valence-corrected chi connectivity index (χ1v) is 11.1. The first-order chi connectivity index (χ1) is 16.0. The van der Waals surface area contributed by atoms with Gasteiger partial charge in [0.05, 0.1) is 18.2 Å². The number of aliphatic hydroxyl groups is 1. The number of hydrogen-bond acceptors (Lipinski definition) is 4. The molecule has 1 amide bonds. The van der Waals surface area contributed by atoms with Gasteiger partial charge in [0.25, 0.3) is 11.7 Å². The minimum atomic E-state index is -0.680. The van der Waals surface area contributed by atoms with Crippen LogP contribution in [-0.2, 0) is 16.1 Å². The van der Waals surface area contributed by atoms with Crippen molar-refractivity contribution >= 4 is 17.4 Å². The van der Waals surface area contributed by atoms with Gasteiger partial charge in [-0.1, -0.05) is 67.1 Å². The fraction of sp³-hybridized carbons (Fsp3) is 0.214. The average Bonchev–Trinajstić information content (AvgIpc) is 3.08. The van der Waals surface area contributed by atoms with Gasteiger partial charge in [0.2, 0.25) is 0 Å². The highest BCUT2D eigenvalue weighted by Crippen LogP contribution is 2.40. The Balaban J connectivity index is 1.78. The van der Waals surface area contributed by atoms with E-state index in [1.165, 1.54) is 4.90 Å². The third-order valence-electron chi connectivity index (χ3n) is 5.73. The van der Waals surface area contributed by atoms with Crippen LogP contribution in [0.15, 0.2) is 84.4 Å². The highest BCUT2D eigenvalue weighted by Gasteiger charge is 2.46. The monoisotopic (exact) mass is 441 g/mol. The molecule has 0 aromatic heterocycles. The summed E-state index contributed by atoms with van der Waals surface area (Å²) >= 11 is 0. The Bertz CT molecular complexity index is 1160. The molecule has 1 saturated heterocycles. The van der Waals surface area contributed by atoms with Gasteiger partial charge in [-0.2, -0.15) is 0 Å². The Morgan fingerprint density at radius 1 is 0.939 bits per heavy atom. The normalized spacial score (nSPS) is 17.4. The zero-order chi connectivity index (χ0) is 23.4. The van der Waals surface area contributed by atoms with Crippen LogP contribution in [0.1, 0.15) is 41.6 Å². The Morgan fingerprint density at radius 2 is 1.61 bits per heavy atom. The van der Waals surface area contributed by atoms with Crippen LogP contribution in [0, 0.1) is 6.92 Å². The van der Waals surface area contributed by atoms with Crippen molar-refractivity contribution in [2.24, 2.45) is 0 Å². The van der Waals surface area contributed by atoms with Crippen LogP contribution in [0.2, 0.25) is 0 Å². The summed E-state index contributed by atoms with van der Waals surface area (Å²) < 4.78 is 5.61. The van der Waals surface area contributed by atoms with E-state index in [1.807, 2.05) is 68.4 Å². The third kappa shape index (κ3) is 4.67. The molecule has 1 aliphatic rings. The fourth-order valence-corrected chi connectivity index (χ4v) is 4.00. The van der Waals surface area contributed by atoms with Crippen molar-refractivity contribution in [2.45, 2.75) is 32.9 Å². The second-order valence-electron chi connectivity index (χ2n) is 8.20. The summed E-state index contributed by atoms with van der Waals surface area (Å²) in [7, 11) is 0. The van der Waals surface area contributed by atoms with Crippen LogP contribution in [0.4, 0.5) is 0 Å². The number of ketones is 1. The van der Waals surface area contributed by atoms with Crippen molar-refractivity contribution < 1.29 is 19.4 Å². The summed E-state index contributed by atoms with van der Waals surface area (Å²) in [5.74, 6) is -0.793. The van der Waals surface area contributed by atoms with Gasteiger partial charge in [0.1, 0.15) is 11.5 Å². The largest absolute Gasteiger partial charge is 0.507 e. The molecular formula is C28H27NO4. The molecule has 1 N–H and O–H groups in total. The average molecular weight is 442 g/mol. The number of amides is 1. The van der Waals surface area contributed by atoms with E-state index in [9.17, 15) is 14.7 Å². The van der Waals surface area contributed by atoms with Gasteiger partial charge in [-0.15, -0.1) is 0 Å². The summed E-state index contributed by atoms with van der Waals surface area (Å²) in [5, 5.41) is 11.2. The SMILES string of the molecule is CCCOc1ccc(/C(O)=C2\C(=O)C(=O)N(Cc3ccccc3)C2c2ccc(C)cc2)cc1. The molecule has 1 fully saturated rings. The van der Waals surface area contributed by atoms with Gasteiger partial charge in [-0.25, -0.2) is 0 Å². The Hall–Kier alpha value is -3.86. The lowest BCUT2D eigenvalue weighted by Crippen LogP contribution is -2.29. The van der Waals surface area contributed by atoms with E-state index in [-0.39, 0.29) is 17.9 Å². The number of ether oxygens (including phenoxy) is 1. The van der Waals surface area contributed by atoms with E-state index in [0.717, 1.165) is 23.1 Å². The lowest BCUT2D eigenvalue weighted by molar-refractivity contribution is -0.140. The molecule has 1 atom stereocenters. The topological polar surface area (TPSA) is 66.8 Å². The number of benzene rings is 3. The smallest absolute Gasteiger partial charge is 0.295 e. The number of hydrogen-bond donors (Lipinski definition) is 1. The highest BCUT2D eigenvalue weighted by molar-refractivity contribution is 6.46. The summed E-state index contributed by atoms with van der Waals surface area (Å²) in [6.45, 7) is 4.88. The van der Waals surface area contributed by atoms with E-state index < -0.39 is 17.7 Å². The standard InChI is InChI=1S/C28H27NO4/c1-3-17-33-23-15-13-22(14-16-23)26(30)24-25(21-11-9-19(2)10-12-21)29(28(32)27(24)31)18-20-7-5-4-6-8-20/h4-16,25,30H,3,17-18H2,1-2H3/b26-24+. The van der Waals surface area contributed by atoms with Crippen molar-refractivity contribution in [2.75, 3.05) is 6.61 Å². The molecule has 0 saturated carbocycles. The maximum Gasteiger partial charge on any atom is 0.295 e. The van der Waals surface area contributed by atoms with E-state index >= 15 is 0 Å². The van der Waals surface area contributed by atoms with Gasteiger partial charge in [0.15, 0.2) is 0 Å². The Morgan fingerprint density at radius 3 is 2.24 bits per heavy atom. The summed E-state index contributed by atoms with van der Waals surface area (Å²) in [5.41, 5.74) is 3.33. The number of nitrogens with zero attached hydrogens (tertiary/aromatic N) is 1. The molecule has 0 bridgehead atoms. The number of aryl methyl sites for hydroxylation is 1. The molecule has 168 valence electrons. The lowest BCUT2D eigenvalue weighted by Gasteiger charge is -2.25. The van der Waals surface area contributed by atoms with Crippen LogP contribution in [0.3, 0.4) is 0 Å². The zero-order valence-electron chi connectivity index (χ0n) is 18.8. The minimum Gasteiger partial charge on any atom is -0.507 e. The molecule has 3 aromatic carbocycles. The maximum absolute atomic E-state index is 13.1. The molecule has 5 nitrogen and oxygen atoms in total. The number of likely N-dealkylation sites (tertiary alicyclic amines) is 1. The number of carbonyl (C=O) groups excluding carboxylic acids is 2. The van der Waals surface area contributed by atoms with E-state index in [2.05, 4.69) is 0 Å². The molecule has 1 aliphatic heterocycles. The number of aliphatic hydroxyl groups excluding tert-OH is 1. The highest BCUT2D eigenvalue weighted by atomic mass is 16.5. The first kappa shape index (κ1) is 22.3. The quantitative estimate of drug-likeness (QED) is 0.303. The predicted molar refractivity (Wildman–Crippen MR) is 128 cm³/mol. The van der Waals surface area contributed by atoms with Crippen molar-refractivity contribution in [3.8, 4) is 5.75 Å². The van der Waals surface area contributed by atoms with Crippen molar-refractivity contribution in [1.82, 2.24) is 4.90 Å². The lowest BCUT2D eigenvalue weighted by atomic mass is 9.94. The van der Waals surface area contributed by atoms with E-state index in [1.54, 1.807) is 24.3 Å². The zero-order valence-corrected chi connectivity index (χ0v) is 18.8. The van der Waals surface area contributed by atoms with Crippen LogP contribution in [0.5, 0.6) is 5.75 Å². The summed E-state index contributed by atoms with van der Waals surface area (Å²) in [4.78, 5) is 27.8. The van der Waals surface area contributed by atoms with Gasteiger partial charge in [0, 0.05) is 12.1 Å². The number of carbonyl (C=O) groups is 2. The molecule has 5 heteroatoms. The number of rotatable bonds is 7. The Kier molecular flexibility index (Phi) is 6.59. The van der Waals surface area contributed by atoms with Crippen molar-refractivity contribution in [3.05, 3.63) is 107 Å². The van der Waals surface area contributed by atoms with Crippen molar-refractivity contribution in [1.29, 1.82) is 0 Å². The van der Waals surface area contributed by atoms with Crippen LogP contribution < -0.4 is 4.74 Å². The molecule has 4 rings (SSSR count). The summed E-state index contributed by atoms with van der Waals surface area (Å²) in [6, 6.07) is 23.5. The second-order valence-corrected chi connectivity index (χ2v) is 8.20. The molecule has 0 aliphatic carbocycles. The minimum absolute atomic E-state index is 0.0991. The first-order valence-electron chi connectivity index (χ1n) is 11.1. The van der Waals surface area contributed by atoms with Crippen LogP contribution in [0.25, 0.3) is 5.76 Å².